The molecular formula is C9H7F6NO2. The SMILES string of the molecule is COc1ccncc1C(O)(C(F)(F)F)C(F)(F)F. The van der Waals surface area contributed by atoms with Crippen LogP contribution in [0.15, 0.2) is 18.5 Å². The highest BCUT2D eigenvalue weighted by Gasteiger charge is 2.72. The highest BCUT2D eigenvalue weighted by atomic mass is 19.4. The number of hydrogen-bond donors (Lipinski definition) is 1. The number of halogens is 6. The quantitative estimate of drug-likeness (QED) is 0.843. The van der Waals surface area contributed by atoms with Crippen LogP contribution in [0.5, 0.6) is 5.75 Å². The topological polar surface area (TPSA) is 42.4 Å². The summed E-state index contributed by atoms with van der Waals surface area (Å²) in [5.74, 6) is -0.762. The zero-order chi connectivity index (χ0) is 14.2. The first-order valence-corrected chi connectivity index (χ1v) is 4.40. The van der Waals surface area contributed by atoms with Crippen LogP contribution in [0.25, 0.3) is 0 Å². The standard InChI is InChI=1S/C9H7F6NO2/c1-18-6-2-3-16-4-5(6)7(17,8(10,11)12)9(13,14)15/h2-4,17H,1H3. The predicted molar refractivity (Wildman–Crippen MR) is 46.8 cm³/mol. The minimum atomic E-state index is -5.96. The van der Waals surface area contributed by atoms with Gasteiger partial charge in [0.05, 0.1) is 12.7 Å². The van der Waals surface area contributed by atoms with Crippen LogP contribution in [0, 0.1) is 0 Å². The van der Waals surface area contributed by atoms with E-state index in [-0.39, 0.29) is 6.20 Å². The molecule has 1 aromatic rings. The Balaban J connectivity index is 3.56. The fraction of sp³-hybridized carbons (Fsp3) is 0.444. The molecule has 0 amide bonds. The van der Waals surface area contributed by atoms with Gasteiger partial charge in [0, 0.05) is 12.4 Å². The fourth-order valence-corrected chi connectivity index (χ4v) is 1.30. The molecule has 0 radical (unpaired) electrons. The van der Waals surface area contributed by atoms with Gasteiger partial charge in [-0.25, -0.2) is 0 Å². The number of alkyl halides is 6. The van der Waals surface area contributed by atoms with Gasteiger partial charge in [-0.05, 0) is 6.07 Å². The summed E-state index contributed by atoms with van der Waals surface area (Å²) in [6, 6.07) is 0.789. The number of pyridine rings is 1. The van der Waals surface area contributed by atoms with Gasteiger partial charge in [0.2, 0.25) is 0 Å². The van der Waals surface area contributed by atoms with E-state index in [1.165, 1.54) is 0 Å². The Morgan fingerprint density at radius 2 is 1.61 bits per heavy atom. The Morgan fingerprint density at radius 1 is 1.11 bits per heavy atom. The Hall–Kier alpha value is -1.51. The second-order valence-corrected chi connectivity index (χ2v) is 3.28. The largest absolute Gasteiger partial charge is 0.496 e. The third-order valence-corrected chi connectivity index (χ3v) is 2.21. The van der Waals surface area contributed by atoms with Crippen LogP contribution < -0.4 is 4.74 Å². The van der Waals surface area contributed by atoms with Gasteiger partial charge in [0.25, 0.3) is 5.60 Å². The molecule has 0 aromatic carbocycles. The highest BCUT2D eigenvalue weighted by molar-refractivity contribution is 5.37. The summed E-state index contributed by atoms with van der Waals surface area (Å²) in [4.78, 5) is 3.15. The lowest BCUT2D eigenvalue weighted by Gasteiger charge is -2.33. The number of rotatable bonds is 2. The predicted octanol–water partition coefficient (Wildman–Crippen LogP) is 2.40. The average molecular weight is 275 g/mol. The van der Waals surface area contributed by atoms with Gasteiger partial charge < -0.3 is 9.84 Å². The van der Waals surface area contributed by atoms with Crippen LogP contribution in [0.2, 0.25) is 0 Å². The van der Waals surface area contributed by atoms with Crippen molar-refractivity contribution >= 4 is 0 Å². The van der Waals surface area contributed by atoms with E-state index < -0.39 is 29.3 Å². The molecule has 0 aliphatic carbocycles. The fourth-order valence-electron chi connectivity index (χ4n) is 1.30. The molecule has 1 N–H and O–H groups in total. The molecule has 3 nitrogen and oxygen atoms in total. The minimum Gasteiger partial charge on any atom is -0.496 e. The van der Waals surface area contributed by atoms with E-state index in [9.17, 15) is 26.3 Å². The smallest absolute Gasteiger partial charge is 0.430 e. The lowest BCUT2D eigenvalue weighted by molar-refractivity contribution is -0.376. The number of aromatic nitrogens is 1. The molecule has 0 fully saturated rings. The molecule has 18 heavy (non-hydrogen) atoms. The van der Waals surface area contributed by atoms with E-state index in [1.54, 1.807) is 0 Å². The van der Waals surface area contributed by atoms with E-state index in [2.05, 4.69) is 9.72 Å². The summed E-state index contributed by atoms with van der Waals surface area (Å²) in [6.45, 7) is 0. The Morgan fingerprint density at radius 3 is 2.00 bits per heavy atom. The molecule has 0 atom stereocenters. The van der Waals surface area contributed by atoms with E-state index in [1.807, 2.05) is 0 Å². The summed E-state index contributed by atoms with van der Waals surface area (Å²) in [5.41, 5.74) is -6.54. The lowest BCUT2D eigenvalue weighted by atomic mass is 9.93. The molecule has 102 valence electrons. The van der Waals surface area contributed by atoms with E-state index >= 15 is 0 Å². The lowest BCUT2D eigenvalue weighted by Crippen LogP contribution is -2.54. The van der Waals surface area contributed by atoms with E-state index in [4.69, 9.17) is 5.11 Å². The van der Waals surface area contributed by atoms with Crippen molar-refractivity contribution in [3.63, 3.8) is 0 Å². The van der Waals surface area contributed by atoms with Crippen molar-refractivity contribution in [2.75, 3.05) is 7.11 Å². The molecule has 1 rings (SSSR count). The van der Waals surface area contributed by atoms with Crippen LogP contribution in [0.4, 0.5) is 26.3 Å². The molecule has 0 spiro atoms. The van der Waals surface area contributed by atoms with Gasteiger partial charge in [0.1, 0.15) is 5.75 Å². The number of aliphatic hydroxyl groups is 1. The molecule has 1 heterocycles. The first-order valence-electron chi connectivity index (χ1n) is 4.40. The summed E-state index contributed by atoms with van der Waals surface area (Å²) in [5, 5.41) is 9.10. The van der Waals surface area contributed by atoms with Crippen molar-refractivity contribution in [2.24, 2.45) is 0 Å². The molecule has 1 aromatic heterocycles. The maximum Gasteiger partial charge on any atom is 0.430 e. The monoisotopic (exact) mass is 275 g/mol. The Bertz CT molecular complexity index is 414. The van der Waals surface area contributed by atoms with Crippen molar-refractivity contribution in [2.45, 2.75) is 18.0 Å². The van der Waals surface area contributed by atoms with E-state index in [0.717, 1.165) is 19.4 Å². The van der Waals surface area contributed by atoms with Gasteiger partial charge in [0.15, 0.2) is 0 Å². The zero-order valence-corrected chi connectivity index (χ0v) is 8.80. The Kier molecular flexibility index (Phi) is 3.48. The van der Waals surface area contributed by atoms with E-state index in [0.29, 0.717) is 0 Å². The third-order valence-electron chi connectivity index (χ3n) is 2.21. The van der Waals surface area contributed by atoms with Crippen molar-refractivity contribution in [1.29, 1.82) is 0 Å². The second-order valence-electron chi connectivity index (χ2n) is 3.28. The highest BCUT2D eigenvalue weighted by Crippen LogP contribution is 2.51. The van der Waals surface area contributed by atoms with Gasteiger partial charge >= 0.3 is 12.4 Å². The third kappa shape index (κ3) is 2.09. The van der Waals surface area contributed by atoms with Gasteiger partial charge in [-0.3, -0.25) is 4.98 Å². The Labute approximate surface area is 97.0 Å². The van der Waals surface area contributed by atoms with Gasteiger partial charge in [-0.2, -0.15) is 26.3 Å². The minimum absolute atomic E-state index is 0.264. The van der Waals surface area contributed by atoms with Crippen molar-refractivity contribution in [3.05, 3.63) is 24.0 Å². The van der Waals surface area contributed by atoms with Crippen LogP contribution in [0.3, 0.4) is 0 Å². The average Bonchev–Trinajstić information content (AvgIpc) is 2.24. The maximum absolute atomic E-state index is 12.5. The van der Waals surface area contributed by atoms with Crippen LogP contribution in [-0.2, 0) is 5.60 Å². The molecule has 0 saturated heterocycles. The second kappa shape index (κ2) is 4.30. The number of nitrogens with zero attached hydrogens (tertiary/aromatic N) is 1. The van der Waals surface area contributed by atoms with Gasteiger partial charge in [-0.15, -0.1) is 0 Å². The molecule has 9 heteroatoms. The summed E-state index contributed by atoms with van der Waals surface area (Å²) in [7, 11) is 0.881. The molecule has 0 saturated carbocycles. The maximum atomic E-state index is 12.5. The molecule has 0 aliphatic rings. The molecular weight excluding hydrogens is 268 g/mol. The number of ether oxygens (including phenoxy) is 1. The number of hydrogen-bond acceptors (Lipinski definition) is 3. The molecule has 0 aliphatic heterocycles. The zero-order valence-electron chi connectivity index (χ0n) is 8.80. The van der Waals surface area contributed by atoms with Crippen LogP contribution >= 0.6 is 0 Å². The molecule has 0 bridgehead atoms. The summed E-state index contributed by atoms with van der Waals surface area (Å²) >= 11 is 0. The van der Waals surface area contributed by atoms with Crippen LogP contribution in [0.1, 0.15) is 5.56 Å². The first kappa shape index (κ1) is 14.6. The molecule has 0 unspecified atom stereocenters. The van der Waals surface area contributed by atoms with Gasteiger partial charge in [-0.1, -0.05) is 0 Å². The summed E-state index contributed by atoms with van der Waals surface area (Å²) in [6.07, 6.45) is -10.7. The summed E-state index contributed by atoms with van der Waals surface area (Å²) < 4.78 is 79.7. The first-order chi connectivity index (χ1) is 8.05. The normalized spacial score (nSPS) is 13.6. The number of methoxy groups -OCH3 is 1. The van der Waals surface area contributed by atoms with Crippen molar-refractivity contribution < 1.29 is 36.2 Å². The van der Waals surface area contributed by atoms with Crippen molar-refractivity contribution in [1.82, 2.24) is 4.98 Å². The van der Waals surface area contributed by atoms with Crippen LogP contribution in [-0.4, -0.2) is 29.6 Å². The van der Waals surface area contributed by atoms with Crippen molar-refractivity contribution in [3.8, 4) is 5.75 Å².